The van der Waals surface area contributed by atoms with E-state index in [1.165, 1.54) is 0 Å². The van der Waals surface area contributed by atoms with Crippen LogP contribution < -0.4 is 0 Å². The molecule has 3 atom stereocenters. The molecule has 1 unspecified atom stereocenters. The van der Waals surface area contributed by atoms with E-state index in [2.05, 4.69) is 0 Å². The summed E-state index contributed by atoms with van der Waals surface area (Å²) in [5.74, 6) is 0. The van der Waals surface area contributed by atoms with Crippen molar-refractivity contribution >= 4 is 40.9 Å². The van der Waals surface area contributed by atoms with Crippen molar-refractivity contribution in [1.82, 2.24) is 4.90 Å². The van der Waals surface area contributed by atoms with E-state index >= 15 is 0 Å². The van der Waals surface area contributed by atoms with Gasteiger partial charge in [-0.2, -0.15) is 0 Å². The molecule has 126 valence electrons. The minimum atomic E-state index is -1.62. The third-order valence-electron chi connectivity index (χ3n) is 4.65. The van der Waals surface area contributed by atoms with Gasteiger partial charge in [0.25, 0.3) is 0 Å². The number of ether oxygens (including phenoxy) is 1. The number of hydrogen-bond donors (Lipinski definition) is 1. The van der Waals surface area contributed by atoms with Crippen LogP contribution in [0.1, 0.15) is 31.2 Å². The number of benzene rings is 1. The van der Waals surface area contributed by atoms with Gasteiger partial charge in [0, 0.05) is 24.9 Å². The van der Waals surface area contributed by atoms with Gasteiger partial charge in [-0.05, 0) is 18.4 Å². The fraction of sp³-hybridized carbons (Fsp3) is 0.562. The zero-order valence-corrected chi connectivity index (χ0v) is 14.7. The van der Waals surface area contributed by atoms with Crippen molar-refractivity contribution in [2.24, 2.45) is 0 Å². The second kappa shape index (κ2) is 6.32. The van der Waals surface area contributed by atoms with Crippen LogP contribution >= 0.6 is 34.8 Å². The van der Waals surface area contributed by atoms with Gasteiger partial charge in [-0.3, -0.25) is 0 Å². The number of nitrogens with zero attached hydrogens (tertiary/aromatic N) is 1. The Morgan fingerprint density at radius 1 is 1.22 bits per heavy atom. The van der Waals surface area contributed by atoms with Crippen molar-refractivity contribution in [2.75, 3.05) is 6.61 Å². The molecule has 2 heterocycles. The standard InChI is InChI=1S/C16H18Cl3NO3/c17-16(18,19)10-23-14(21)20-12-6-7-13(20)9-15(22,8-12)11-4-2-1-3-5-11/h1-5,12-13,22H,6-10H2/t12-,13+,15?. The first-order chi connectivity index (χ1) is 10.8. The van der Waals surface area contributed by atoms with Gasteiger partial charge in [0.1, 0.15) is 6.61 Å². The van der Waals surface area contributed by atoms with Crippen LogP contribution in [0.15, 0.2) is 30.3 Å². The number of aliphatic hydroxyl groups is 1. The van der Waals surface area contributed by atoms with Crippen LogP contribution in [0.5, 0.6) is 0 Å². The van der Waals surface area contributed by atoms with Gasteiger partial charge in [0.15, 0.2) is 0 Å². The predicted octanol–water partition coefficient (Wildman–Crippen LogP) is 4.01. The molecule has 23 heavy (non-hydrogen) atoms. The number of piperidine rings is 1. The number of carbonyl (C=O) groups is 1. The highest BCUT2D eigenvalue weighted by molar-refractivity contribution is 6.67. The van der Waals surface area contributed by atoms with Crippen molar-refractivity contribution in [3.05, 3.63) is 35.9 Å². The summed E-state index contributed by atoms with van der Waals surface area (Å²) in [5.41, 5.74) is -0.00905. The quantitative estimate of drug-likeness (QED) is 0.791. The van der Waals surface area contributed by atoms with Crippen LogP contribution in [0.2, 0.25) is 0 Å². The van der Waals surface area contributed by atoms with Gasteiger partial charge >= 0.3 is 6.09 Å². The molecule has 0 aliphatic carbocycles. The van der Waals surface area contributed by atoms with E-state index < -0.39 is 15.5 Å². The normalized spacial score (nSPS) is 30.3. The average molecular weight is 379 g/mol. The van der Waals surface area contributed by atoms with Gasteiger partial charge in [-0.25, -0.2) is 4.79 Å². The van der Waals surface area contributed by atoms with Crippen LogP contribution in [0.3, 0.4) is 0 Å². The van der Waals surface area contributed by atoms with Crippen molar-refractivity contribution in [2.45, 2.75) is 47.2 Å². The van der Waals surface area contributed by atoms with Crippen molar-refractivity contribution in [1.29, 1.82) is 0 Å². The van der Waals surface area contributed by atoms with E-state index in [0.717, 1.165) is 18.4 Å². The van der Waals surface area contributed by atoms with Crippen molar-refractivity contribution in [3.63, 3.8) is 0 Å². The molecule has 2 aliphatic rings. The summed E-state index contributed by atoms with van der Waals surface area (Å²) in [6.45, 7) is -0.282. The highest BCUT2D eigenvalue weighted by Gasteiger charge is 2.50. The Labute approximate surface area is 150 Å². The Morgan fingerprint density at radius 2 is 1.78 bits per heavy atom. The molecule has 3 rings (SSSR count). The van der Waals surface area contributed by atoms with Crippen LogP contribution in [0.4, 0.5) is 4.79 Å². The Balaban J connectivity index is 1.71. The smallest absolute Gasteiger partial charge is 0.410 e. The van der Waals surface area contributed by atoms with Crippen molar-refractivity contribution in [3.8, 4) is 0 Å². The summed E-state index contributed by atoms with van der Waals surface area (Å²) in [6, 6.07) is 9.49. The molecule has 7 heteroatoms. The summed E-state index contributed by atoms with van der Waals surface area (Å²) >= 11 is 16.9. The Hall–Kier alpha value is -0.680. The summed E-state index contributed by atoms with van der Waals surface area (Å²) in [6.07, 6.45) is 2.22. The van der Waals surface area contributed by atoms with E-state index in [0.29, 0.717) is 12.8 Å². The Kier molecular flexibility index (Phi) is 4.71. The third kappa shape index (κ3) is 3.71. The lowest BCUT2D eigenvalue weighted by Gasteiger charge is -2.43. The highest BCUT2D eigenvalue weighted by atomic mass is 35.6. The highest BCUT2D eigenvalue weighted by Crippen LogP contribution is 2.46. The van der Waals surface area contributed by atoms with E-state index in [4.69, 9.17) is 39.5 Å². The fourth-order valence-electron chi connectivity index (χ4n) is 3.73. The SMILES string of the molecule is O=C(OCC(Cl)(Cl)Cl)N1[C@@H]2CC[C@H]1CC(O)(c1ccccc1)C2. The minimum absolute atomic E-state index is 0.0539. The molecule has 4 nitrogen and oxygen atoms in total. The lowest BCUT2D eigenvalue weighted by molar-refractivity contribution is -0.0528. The Bertz CT molecular complexity index is 562. The molecule has 1 aromatic carbocycles. The lowest BCUT2D eigenvalue weighted by atomic mass is 9.81. The van der Waals surface area contributed by atoms with Gasteiger partial charge in [-0.1, -0.05) is 65.1 Å². The third-order valence-corrected chi connectivity index (χ3v) is 4.98. The molecule has 0 radical (unpaired) electrons. The number of amides is 1. The number of halogens is 3. The molecule has 0 aromatic heterocycles. The van der Waals surface area contributed by atoms with E-state index in [1.807, 2.05) is 30.3 Å². The topological polar surface area (TPSA) is 49.8 Å². The van der Waals surface area contributed by atoms with Gasteiger partial charge < -0.3 is 14.7 Å². The monoisotopic (exact) mass is 377 g/mol. The lowest BCUT2D eigenvalue weighted by Crippen LogP contribution is -2.52. The molecule has 1 N–H and O–H groups in total. The Morgan fingerprint density at radius 3 is 2.30 bits per heavy atom. The van der Waals surface area contributed by atoms with Gasteiger partial charge in [0.2, 0.25) is 3.79 Å². The molecule has 2 aliphatic heterocycles. The first-order valence-corrected chi connectivity index (χ1v) is 8.72. The van der Waals surface area contributed by atoms with Crippen molar-refractivity contribution < 1.29 is 14.6 Å². The first kappa shape index (κ1) is 17.2. The maximum Gasteiger partial charge on any atom is 0.410 e. The zero-order chi connectivity index (χ0) is 16.7. The largest absolute Gasteiger partial charge is 0.445 e. The number of carbonyl (C=O) groups excluding carboxylic acids is 1. The molecule has 2 fully saturated rings. The van der Waals surface area contributed by atoms with Crippen LogP contribution in [0, 0.1) is 0 Å². The maximum absolute atomic E-state index is 12.3. The molecule has 2 saturated heterocycles. The van der Waals surface area contributed by atoms with E-state index in [9.17, 15) is 9.90 Å². The summed E-state index contributed by atoms with van der Waals surface area (Å²) in [4.78, 5) is 14.0. The minimum Gasteiger partial charge on any atom is -0.445 e. The van der Waals surface area contributed by atoms with Gasteiger partial charge in [-0.15, -0.1) is 0 Å². The molecule has 0 saturated carbocycles. The number of hydrogen-bond acceptors (Lipinski definition) is 3. The average Bonchev–Trinajstić information content (AvgIpc) is 2.78. The molecule has 0 spiro atoms. The van der Waals surface area contributed by atoms with Crippen LogP contribution in [-0.2, 0) is 10.3 Å². The summed E-state index contributed by atoms with van der Waals surface area (Å²) < 4.78 is 3.49. The van der Waals surface area contributed by atoms with Crippen LogP contribution in [-0.4, -0.2) is 38.6 Å². The van der Waals surface area contributed by atoms with Gasteiger partial charge in [0.05, 0.1) is 5.60 Å². The molecule has 1 amide bonds. The first-order valence-electron chi connectivity index (χ1n) is 7.58. The second-order valence-corrected chi connectivity index (χ2v) is 8.78. The second-order valence-electron chi connectivity index (χ2n) is 6.27. The van der Waals surface area contributed by atoms with Crippen LogP contribution in [0.25, 0.3) is 0 Å². The predicted molar refractivity (Wildman–Crippen MR) is 89.9 cm³/mol. The summed E-state index contributed by atoms with van der Waals surface area (Å²) in [5, 5.41) is 11.0. The fourth-order valence-corrected chi connectivity index (χ4v) is 3.89. The summed E-state index contributed by atoms with van der Waals surface area (Å²) in [7, 11) is 0. The number of alkyl halides is 3. The van der Waals surface area contributed by atoms with E-state index in [-0.39, 0.29) is 18.7 Å². The molecule has 1 aromatic rings. The molecular formula is C16H18Cl3NO3. The molecular weight excluding hydrogens is 361 g/mol. The number of rotatable bonds is 2. The zero-order valence-electron chi connectivity index (χ0n) is 12.4. The maximum atomic E-state index is 12.3. The molecule has 2 bridgehead atoms. The van der Waals surface area contributed by atoms with E-state index in [1.54, 1.807) is 4.90 Å². The number of fused-ring (bicyclic) bond motifs is 2.